The molecule has 0 aromatic carbocycles. The van der Waals surface area contributed by atoms with Crippen molar-refractivity contribution in [2.45, 2.75) is 51.0 Å². The van der Waals surface area contributed by atoms with Crippen LogP contribution in [0.4, 0.5) is 0 Å². The molecule has 104 valence electrons. The number of hydrogen-bond donors (Lipinski definition) is 2. The highest BCUT2D eigenvalue weighted by Crippen LogP contribution is 2.29. The third-order valence-corrected chi connectivity index (χ3v) is 4.71. The third-order valence-electron chi connectivity index (χ3n) is 4.71. The average Bonchev–Trinajstić information content (AvgIpc) is 2.64. The Kier molecular flexibility index (Phi) is 5.01. The summed E-state index contributed by atoms with van der Waals surface area (Å²) in [7, 11) is 0. The summed E-state index contributed by atoms with van der Waals surface area (Å²) in [5, 5.41) is 18.2. The van der Waals surface area contributed by atoms with E-state index in [9.17, 15) is 4.79 Å². The highest BCUT2D eigenvalue weighted by molar-refractivity contribution is 5.69. The van der Waals surface area contributed by atoms with Crippen LogP contribution in [0.3, 0.4) is 0 Å². The summed E-state index contributed by atoms with van der Waals surface area (Å²) in [5.41, 5.74) is 0. The number of aliphatic carboxylic acids is 1. The molecular formula is C14H25NO3. The summed E-state index contributed by atoms with van der Waals surface area (Å²) in [6, 6.07) is 0.578. The summed E-state index contributed by atoms with van der Waals surface area (Å²) in [4.78, 5) is 13.6. The van der Waals surface area contributed by atoms with E-state index >= 15 is 0 Å². The fourth-order valence-electron chi connectivity index (χ4n) is 3.39. The molecule has 0 bridgehead atoms. The number of carboxylic acids is 1. The molecule has 0 radical (unpaired) electrons. The van der Waals surface area contributed by atoms with Gasteiger partial charge in [0.1, 0.15) is 0 Å². The second-order valence-corrected chi connectivity index (χ2v) is 5.86. The quantitative estimate of drug-likeness (QED) is 0.754. The van der Waals surface area contributed by atoms with Gasteiger partial charge < -0.3 is 15.1 Å². The van der Waals surface area contributed by atoms with Gasteiger partial charge >= 0.3 is 5.97 Å². The van der Waals surface area contributed by atoms with Gasteiger partial charge in [-0.1, -0.05) is 6.42 Å². The Hall–Kier alpha value is -0.610. The lowest BCUT2D eigenvalue weighted by atomic mass is 9.95. The molecular weight excluding hydrogens is 230 g/mol. The van der Waals surface area contributed by atoms with Crippen molar-refractivity contribution in [3.63, 3.8) is 0 Å². The minimum atomic E-state index is -0.616. The number of aliphatic hydroxyl groups excluding tert-OH is 1. The second-order valence-electron chi connectivity index (χ2n) is 5.86. The predicted octanol–water partition coefficient (Wildman–Crippen LogP) is 1.72. The molecule has 1 aliphatic carbocycles. The number of piperidine rings is 1. The van der Waals surface area contributed by atoms with Crippen molar-refractivity contribution in [1.29, 1.82) is 0 Å². The number of likely N-dealkylation sites (tertiary alicyclic amines) is 1. The van der Waals surface area contributed by atoms with E-state index in [0.717, 1.165) is 58.0 Å². The van der Waals surface area contributed by atoms with Gasteiger partial charge in [-0.05, 0) is 57.5 Å². The van der Waals surface area contributed by atoms with Gasteiger partial charge in [-0.2, -0.15) is 0 Å². The average molecular weight is 255 g/mol. The Morgan fingerprint density at radius 3 is 2.39 bits per heavy atom. The molecule has 0 aromatic heterocycles. The van der Waals surface area contributed by atoms with Crippen LogP contribution >= 0.6 is 0 Å². The SMILES string of the molecule is O=C(O)C1CCCC(N2CCC(CO)CC2)CC1. The molecule has 0 aromatic rings. The highest BCUT2D eigenvalue weighted by atomic mass is 16.4. The van der Waals surface area contributed by atoms with E-state index in [2.05, 4.69) is 4.90 Å². The maximum absolute atomic E-state index is 11.0. The first-order chi connectivity index (χ1) is 8.70. The first-order valence-electron chi connectivity index (χ1n) is 7.28. The Bertz CT molecular complexity index is 274. The summed E-state index contributed by atoms with van der Waals surface area (Å²) in [6.45, 7) is 2.47. The van der Waals surface area contributed by atoms with Crippen molar-refractivity contribution in [2.24, 2.45) is 11.8 Å². The van der Waals surface area contributed by atoms with Gasteiger partial charge in [-0.25, -0.2) is 0 Å². The standard InChI is InChI=1S/C14H25NO3/c16-10-11-6-8-15(9-7-11)13-3-1-2-12(4-5-13)14(17)18/h11-13,16H,1-10H2,(H,17,18). The van der Waals surface area contributed by atoms with Crippen LogP contribution in [-0.2, 0) is 4.79 Å². The highest BCUT2D eigenvalue weighted by Gasteiger charge is 2.29. The minimum Gasteiger partial charge on any atom is -0.481 e. The number of hydrogen-bond acceptors (Lipinski definition) is 3. The molecule has 0 amide bonds. The van der Waals surface area contributed by atoms with E-state index in [1.54, 1.807) is 0 Å². The normalized spacial score (nSPS) is 32.1. The van der Waals surface area contributed by atoms with E-state index in [4.69, 9.17) is 10.2 Å². The van der Waals surface area contributed by atoms with Gasteiger partial charge in [0, 0.05) is 12.6 Å². The molecule has 18 heavy (non-hydrogen) atoms. The van der Waals surface area contributed by atoms with Crippen molar-refractivity contribution >= 4 is 5.97 Å². The van der Waals surface area contributed by atoms with Crippen molar-refractivity contribution < 1.29 is 15.0 Å². The summed E-state index contributed by atoms with van der Waals surface area (Å²) in [5.74, 6) is -0.251. The number of aliphatic hydroxyl groups is 1. The minimum absolute atomic E-state index is 0.120. The zero-order valence-corrected chi connectivity index (χ0v) is 11.1. The van der Waals surface area contributed by atoms with E-state index in [0.29, 0.717) is 18.6 Å². The summed E-state index contributed by atoms with van der Waals surface area (Å²) >= 11 is 0. The van der Waals surface area contributed by atoms with Crippen molar-refractivity contribution in [2.75, 3.05) is 19.7 Å². The van der Waals surface area contributed by atoms with Crippen LogP contribution < -0.4 is 0 Å². The molecule has 2 atom stereocenters. The molecule has 1 saturated heterocycles. The Balaban J connectivity index is 1.81. The van der Waals surface area contributed by atoms with Crippen molar-refractivity contribution in [1.82, 2.24) is 4.90 Å². The fraction of sp³-hybridized carbons (Fsp3) is 0.929. The van der Waals surface area contributed by atoms with E-state index < -0.39 is 5.97 Å². The largest absolute Gasteiger partial charge is 0.481 e. The number of nitrogens with zero attached hydrogens (tertiary/aromatic N) is 1. The zero-order chi connectivity index (χ0) is 13.0. The predicted molar refractivity (Wildman–Crippen MR) is 69.4 cm³/mol. The molecule has 1 heterocycles. The number of carbonyl (C=O) groups is 1. The smallest absolute Gasteiger partial charge is 0.306 e. The molecule has 0 spiro atoms. The van der Waals surface area contributed by atoms with Crippen LogP contribution in [0.2, 0.25) is 0 Å². The van der Waals surface area contributed by atoms with Crippen LogP contribution in [0, 0.1) is 11.8 Å². The topological polar surface area (TPSA) is 60.8 Å². The molecule has 2 N–H and O–H groups in total. The molecule has 2 rings (SSSR count). The number of carboxylic acid groups (broad SMARTS) is 1. The van der Waals surface area contributed by atoms with E-state index in [1.165, 1.54) is 0 Å². The van der Waals surface area contributed by atoms with Crippen LogP contribution in [0.1, 0.15) is 44.9 Å². The molecule has 1 aliphatic heterocycles. The lowest BCUT2D eigenvalue weighted by Crippen LogP contribution is -2.41. The Morgan fingerprint density at radius 1 is 1.06 bits per heavy atom. The fourth-order valence-corrected chi connectivity index (χ4v) is 3.39. The lowest BCUT2D eigenvalue weighted by Gasteiger charge is -2.37. The van der Waals surface area contributed by atoms with Crippen LogP contribution in [-0.4, -0.2) is 46.8 Å². The molecule has 1 saturated carbocycles. The molecule has 2 unspecified atom stereocenters. The van der Waals surface area contributed by atoms with Gasteiger partial charge in [0.2, 0.25) is 0 Å². The van der Waals surface area contributed by atoms with Crippen LogP contribution in [0.15, 0.2) is 0 Å². The molecule has 2 aliphatic rings. The summed E-state index contributed by atoms with van der Waals surface area (Å²) < 4.78 is 0. The Labute approximate surface area is 109 Å². The molecule has 2 fully saturated rings. The molecule has 4 nitrogen and oxygen atoms in total. The van der Waals surface area contributed by atoms with Crippen molar-refractivity contribution in [3.8, 4) is 0 Å². The van der Waals surface area contributed by atoms with Gasteiger partial charge in [0.25, 0.3) is 0 Å². The maximum atomic E-state index is 11.0. The van der Waals surface area contributed by atoms with E-state index in [1.807, 2.05) is 0 Å². The van der Waals surface area contributed by atoms with E-state index in [-0.39, 0.29) is 5.92 Å². The first-order valence-corrected chi connectivity index (χ1v) is 7.28. The summed E-state index contributed by atoms with van der Waals surface area (Å²) in [6.07, 6.45) is 7.08. The first kappa shape index (κ1) is 13.8. The second kappa shape index (κ2) is 6.53. The lowest BCUT2D eigenvalue weighted by molar-refractivity contribution is -0.142. The van der Waals surface area contributed by atoms with Gasteiger partial charge in [0.15, 0.2) is 0 Å². The van der Waals surface area contributed by atoms with Crippen LogP contribution in [0.5, 0.6) is 0 Å². The monoisotopic (exact) mass is 255 g/mol. The Morgan fingerprint density at radius 2 is 1.78 bits per heavy atom. The third kappa shape index (κ3) is 3.45. The maximum Gasteiger partial charge on any atom is 0.306 e. The van der Waals surface area contributed by atoms with Gasteiger partial charge in [-0.15, -0.1) is 0 Å². The number of rotatable bonds is 3. The van der Waals surface area contributed by atoms with Gasteiger partial charge in [-0.3, -0.25) is 4.79 Å². The van der Waals surface area contributed by atoms with Gasteiger partial charge in [0.05, 0.1) is 5.92 Å². The molecule has 4 heteroatoms. The van der Waals surface area contributed by atoms with Crippen LogP contribution in [0.25, 0.3) is 0 Å². The van der Waals surface area contributed by atoms with Crippen molar-refractivity contribution in [3.05, 3.63) is 0 Å². The zero-order valence-electron chi connectivity index (χ0n) is 11.1.